The van der Waals surface area contributed by atoms with E-state index in [1.54, 1.807) is 13.0 Å². The fourth-order valence-electron chi connectivity index (χ4n) is 3.27. The number of hydrogen-bond donors (Lipinski definition) is 2. The lowest BCUT2D eigenvalue weighted by Gasteiger charge is -2.12. The maximum Gasteiger partial charge on any atom is 0.244 e. The van der Waals surface area contributed by atoms with Crippen LogP contribution in [0.25, 0.3) is 10.9 Å². The zero-order chi connectivity index (χ0) is 19.8. The quantitative estimate of drug-likeness (QED) is 0.641. The second-order valence-electron chi connectivity index (χ2n) is 6.63. The number of aromatic amines is 1. The number of aromatic nitrogens is 1. The van der Waals surface area contributed by atoms with Gasteiger partial charge in [0.15, 0.2) is 0 Å². The molecule has 0 atom stereocenters. The molecule has 0 bridgehead atoms. The molecule has 0 aliphatic carbocycles. The minimum absolute atomic E-state index is 0.0482. The Hall–Kier alpha value is -2.02. The van der Waals surface area contributed by atoms with E-state index in [0.717, 1.165) is 27.7 Å². The molecule has 0 amide bonds. The molecule has 1 heterocycles. The number of aryl methyl sites for hydroxylation is 3. The van der Waals surface area contributed by atoms with E-state index in [0.29, 0.717) is 11.4 Å². The maximum atomic E-state index is 12.7. The maximum absolute atomic E-state index is 12.7. The summed E-state index contributed by atoms with van der Waals surface area (Å²) in [5.41, 5.74) is 5.19. The molecule has 2 aromatic carbocycles. The van der Waals surface area contributed by atoms with E-state index in [1.807, 2.05) is 13.0 Å². The molecule has 144 valence electrons. The molecule has 3 aromatic rings. The molecule has 0 aliphatic heterocycles. The number of hydrogen-bond acceptors (Lipinski definition) is 3. The van der Waals surface area contributed by atoms with E-state index in [9.17, 15) is 8.42 Å². The van der Waals surface area contributed by atoms with Crippen molar-refractivity contribution in [3.8, 4) is 5.75 Å². The van der Waals surface area contributed by atoms with Gasteiger partial charge in [-0.05, 0) is 56.0 Å². The smallest absolute Gasteiger partial charge is 0.244 e. The molecule has 0 spiro atoms. The number of halogens is 1. The Kier molecular flexibility index (Phi) is 5.51. The summed E-state index contributed by atoms with van der Waals surface area (Å²) < 4.78 is 33.4. The monoisotopic (exact) mass is 406 g/mol. The van der Waals surface area contributed by atoms with Crippen LogP contribution < -0.4 is 9.46 Å². The molecule has 27 heavy (non-hydrogen) atoms. The van der Waals surface area contributed by atoms with Crippen molar-refractivity contribution in [2.45, 2.75) is 32.1 Å². The van der Waals surface area contributed by atoms with E-state index in [1.165, 1.54) is 18.7 Å². The van der Waals surface area contributed by atoms with Crippen molar-refractivity contribution in [2.24, 2.45) is 0 Å². The van der Waals surface area contributed by atoms with Gasteiger partial charge < -0.3 is 9.72 Å². The summed E-state index contributed by atoms with van der Waals surface area (Å²) in [7, 11) is -2.30. The van der Waals surface area contributed by atoms with Crippen LogP contribution in [-0.4, -0.2) is 27.1 Å². The molecule has 1 aromatic heterocycles. The first-order chi connectivity index (χ1) is 12.7. The zero-order valence-corrected chi connectivity index (χ0v) is 17.4. The average Bonchev–Trinajstić information content (AvgIpc) is 2.94. The topological polar surface area (TPSA) is 71.2 Å². The van der Waals surface area contributed by atoms with E-state index in [4.69, 9.17) is 16.3 Å². The van der Waals surface area contributed by atoms with Gasteiger partial charge in [-0.3, -0.25) is 0 Å². The second kappa shape index (κ2) is 7.54. The van der Waals surface area contributed by atoms with Crippen molar-refractivity contribution in [3.63, 3.8) is 0 Å². The van der Waals surface area contributed by atoms with Gasteiger partial charge in [0.1, 0.15) is 10.6 Å². The number of sulfonamides is 1. The Bertz CT molecular complexity index is 1100. The van der Waals surface area contributed by atoms with Gasteiger partial charge in [0.25, 0.3) is 0 Å². The third-order valence-corrected chi connectivity index (χ3v) is 6.65. The molecule has 0 saturated heterocycles. The van der Waals surface area contributed by atoms with Gasteiger partial charge in [-0.15, -0.1) is 0 Å². The number of benzene rings is 2. The first-order valence-corrected chi connectivity index (χ1v) is 10.5. The number of methoxy groups -OCH3 is 1. The number of H-pyrrole nitrogens is 1. The predicted molar refractivity (Wildman–Crippen MR) is 109 cm³/mol. The Labute approximate surface area is 164 Å². The van der Waals surface area contributed by atoms with Crippen molar-refractivity contribution >= 4 is 32.5 Å². The summed E-state index contributed by atoms with van der Waals surface area (Å²) in [6.45, 7) is 6.14. The van der Waals surface area contributed by atoms with Crippen LogP contribution in [0.3, 0.4) is 0 Å². The third kappa shape index (κ3) is 3.83. The highest BCUT2D eigenvalue weighted by Gasteiger charge is 2.21. The van der Waals surface area contributed by atoms with Crippen LogP contribution in [0.15, 0.2) is 35.2 Å². The number of nitrogens with one attached hydrogen (secondary N) is 2. The van der Waals surface area contributed by atoms with Crippen LogP contribution in [0.1, 0.15) is 22.4 Å². The summed E-state index contributed by atoms with van der Waals surface area (Å²) >= 11 is 6.11. The fraction of sp³-hybridized carbons (Fsp3) is 0.300. The Morgan fingerprint density at radius 3 is 2.59 bits per heavy atom. The number of ether oxygens (including phenoxy) is 1. The summed E-state index contributed by atoms with van der Waals surface area (Å²) in [4.78, 5) is 3.44. The van der Waals surface area contributed by atoms with E-state index < -0.39 is 10.0 Å². The van der Waals surface area contributed by atoms with Crippen LogP contribution in [0.4, 0.5) is 0 Å². The van der Waals surface area contributed by atoms with Gasteiger partial charge in [-0.1, -0.05) is 29.8 Å². The molecule has 0 aliphatic rings. The lowest BCUT2D eigenvalue weighted by Crippen LogP contribution is -2.26. The van der Waals surface area contributed by atoms with Crippen LogP contribution in [0.2, 0.25) is 5.02 Å². The lowest BCUT2D eigenvalue weighted by molar-refractivity contribution is 0.402. The van der Waals surface area contributed by atoms with Crippen molar-refractivity contribution in [2.75, 3.05) is 13.7 Å². The standard InChI is InChI=1S/C20H23ClN2O3S/c1-12-6-5-7-16-15(14(3)23-20(12)16)8-9-22-27(24,25)19-11-17(21)13(2)10-18(19)26-4/h5-7,10-11,22-23H,8-9H2,1-4H3. The summed E-state index contributed by atoms with van der Waals surface area (Å²) in [6, 6.07) is 9.18. The molecule has 0 radical (unpaired) electrons. The van der Waals surface area contributed by atoms with E-state index in [2.05, 4.69) is 28.8 Å². The highest BCUT2D eigenvalue weighted by molar-refractivity contribution is 7.89. The van der Waals surface area contributed by atoms with Crippen LogP contribution in [-0.2, 0) is 16.4 Å². The molecule has 0 fully saturated rings. The fourth-order valence-corrected chi connectivity index (χ4v) is 4.70. The predicted octanol–water partition coefficient (Wildman–Crippen LogP) is 4.28. The highest BCUT2D eigenvalue weighted by Crippen LogP contribution is 2.30. The normalized spacial score (nSPS) is 11.9. The first-order valence-electron chi connectivity index (χ1n) is 8.65. The van der Waals surface area contributed by atoms with Gasteiger partial charge in [0, 0.05) is 28.2 Å². The number of rotatable bonds is 6. The Morgan fingerprint density at radius 1 is 1.15 bits per heavy atom. The number of para-hydroxylation sites is 1. The largest absolute Gasteiger partial charge is 0.495 e. The molecular weight excluding hydrogens is 384 g/mol. The first kappa shape index (κ1) is 19.7. The summed E-state index contributed by atoms with van der Waals surface area (Å²) in [6.07, 6.45) is 0.580. The molecule has 2 N–H and O–H groups in total. The van der Waals surface area contributed by atoms with Gasteiger partial charge in [-0.2, -0.15) is 0 Å². The van der Waals surface area contributed by atoms with Gasteiger partial charge in [0.05, 0.1) is 7.11 Å². The van der Waals surface area contributed by atoms with Crippen molar-refractivity contribution in [3.05, 3.63) is 57.7 Å². The summed E-state index contributed by atoms with van der Waals surface area (Å²) in [5.74, 6) is 0.281. The second-order valence-corrected chi connectivity index (χ2v) is 8.77. The van der Waals surface area contributed by atoms with Gasteiger partial charge in [-0.25, -0.2) is 13.1 Å². The molecule has 0 saturated carbocycles. The van der Waals surface area contributed by atoms with E-state index >= 15 is 0 Å². The summed E-state index contributed by atoms with van der Waals surface area (Å²) in [5, 5.41) is 1.52. The molecule has 3 rings (SSSR count). The zero-order valence-electron chi connectivity index (χ0n) is 15.8. The minimum atomic E-state index is -3.74. The van der Waals surface area contributed by atoms with Crippen molar-refractivity contribution < 1.29 is 13.2 Å². The number of fused-ring (bicyclic) bond motifs is 1. The molecule has 0 unspecified atom stereocenters. The Morgan fingerprint density at radius 2 is 1.89 bits per heavy atom. The van der Waals surface area contributed by atoms with Crippen LogP contribution >= 0.6 is 11.6 Å². The highest BCUT2D eigenvalue weighted by atomic mass is 35.5. The molecule has 5 nitrogen and oxygen atoms in total. The van der Waals surface area contributed by atoms with Crippen molar-refractivity contribution in [1.29, 1.82) is 0 Å². The third-order valence-electron chi connectivity index (χ3n) is 4.76. The van der Waals surface area contributed by atoms with Gasteiger partial charge >= 0.3 is 0 Å². The molecule has 7 heteroatoms. The van der Waals surface area contributed by atoms with Crippen molar-refractivity contribution in [1.82, 2.24) is 9.71 Å². The lowest BCUT2D eigenvalue weighted by atomic mass is 10.1. The molecular formula is C20H23ClN2O3S. The minimum Gasteiger partial charge on any atom is -0.495 e. The van der Waals surface area contributed by atoms with Crippen LogP contribution in [0, 0.1) is 20.8 Å². The van der Waals surface area contributed by atoms with Crippen LogP contribution in [0.5, 0.6) is 5.75 Å². The van der Waals surface area contributed by atoms with Gasteiger partial charge in [0.2, 0.25) is 10.0 Å². The van der Waals surface area contributed by atoms with E-state index in [-0.39, 0.29) is 17.2 Å². The average molecular weight is 407 g/mol. The Balaban J connectivity index is 1.83. The SMILES string of the molecule is COc1cc(C)c(Cl)cc1S(=O)(=O)NCCc1c(C)[nH]c2c(C)cccc12.